The van der Waals surface area contributed by atoms with Gasteiger partial charge in [0.05, 0.1) is 11.9 Å². The minimum absolute atomic E-state index is 0.261. The Balaban J connectivity index is 1.36. The highest BCUT2D eigenvalue weighted by molar-refractivity contribution is 5.68. The maximum atomic E-state index is 5.49. The van der Waals surface area contributed by atoms with Gasteiger partial charge in [0.25, 0.3) is 0 Å². The average molecular weight is 388 g/mol. The molecule has 0 atom stereocenters. The number of nitrogens with zero attached hydrogens (tertiary/aromatic N) is 4. The van der Waals surface area contributed by atoms with E-state index in [0.717, 1.165) is 51.2 Å². The molecule has 146 valence electrons. The Hall–Kier alpha value is -3.81. The van der Waals surface area contributed by atoms with Crippen LogP contribution in [0.1, 0.15) is 11.4 Å². The van der Waals surface area contributed by atoms with Crippen molar-refractivity contribution < 1.29 is 9.47 Å². The maximum absolute atomic E-state index is 5.49. The fourth-order valence-corrected chi connectivity index (χ4v) is 3.37. The summed E-state index contributed by atoms with van der Waals surface area (Å²) in [5.74, 6) is 3.24. The zero-order valence-electron chi connectivity index (χ0n) is 16.1. The maximum Gasteiger partial charge on any atom is 0.231 e. The van der Waals surface area contributed by atoms with Crippen molar-refractivity contribution in [1.29, 1.82) is 0 Å². The lowest BCUT2D eigenvalue weighted by Crippen LogP contribution is -2.01. The van der Waals surface area contributed by atoms with Crippen LogP contribution >= 0.6 is 0 Å². The number of hydrogen-bond donors (Lipinski definition) is 2. The van der Waals surface area contributed by atoms with E-state index in [4.69, 9.17) is 9.47 Å². The highest BCUT2D eigenvalue weighted by Crippen LogP contribution is 2.36. The summed E-state index contributed by atoms with van der Waals surface area (Å²) in [6.45, 7) is 2.83. The molecule has 0 saturated carbocycles. The molecule has 3 heterocycles. The number of aromatic nitrogens is 5. The molecule has 0 fully saturated rings. The first-order valence-electron chi connectivity index (χ1n) is 9.31. The standard InChI is InChI=1S/C21H20N6O2/c1-13-24-26-21(27(13)2)15-4-3-5-17(8-15)22-10-16-11-23-25-20(16)14-6-7-18-19(9-14)29-12-28-18/h3-9,11,22H,10,12H2,1-2H3,(H,23,25). The third kappa shape index (κ3) is 3.18. The number of aryl methyl sites for hydroxylation is 1. The summed E-state index contributed by atoms with van der Waals surface area (Å²) in [7, 11) is 1.97. The van der Waals surface area contributed by atoms with Crippen molar-refractivity contribution in [3.63, 3.8) is 0 Å². The molecule has 0 amide bonds. The molecule has 2 aromatic heterocycles. The van der Waals surface area contributed by atoms with E-state index in [1.807, 2.05) is 61.1 Å². The lowest BCUT2D eigenvalue weighted by atomic mass is 10.1. The minimum atomic E-state index is 0.261. The summed E-state index contributed by atoms with van der Waals surface area (Å²) in [6.07, 6.45) is 1.84. The average Bonchev–Trinajstić information content (AvgIpc) is 3.47. The van der Waals surface area contributed by atoms with Crippen LogP contribution in [0.5, 0.6) is 11.5 Å². The van der Waals surface area contributed by atoms with Crippen LogP contribution in [0, 0.1) is 6.92 Å². The van der Waals surface area contributed by atoms with Crippen LogP contribution in [-0.2, 0) is 13.6 Å². The molecule has 0 radical (unpaired) electrons. The van der Waals surface area contributed by atoms with Gasteiger partial charge < -0.3 is 19.4 Å². The Bertz CT molecular complexity index is 1180. The summed E-state index contributed by atoms with van der Waals surface area (Å²) in [5.41, 5.74) is 5.04. The molecule has 1 aliphatic heterocycles. The minimum Gasteiger partial charge on any atom is -0.454 e. The van der Waals surface area contributed by atoms with Gasteiger partial charge in [0.2, 0.25) is 6.79 Å². The number of nitrogens with one attached hydrogen (secondary N) is 2. The molecule has 1 aliphatic rings. The normalized spacial score (nSPS) is 12.3. The lowest BCUT2D eigenvalue weighted by Gasteiger charge is -2.09. The number of benzene rings is 2. The number of aromatic amines is 1. The van der Waals surface area contributed by atoms with Crippen molar-refractivity contribution in [3.05, 3.63) is 60.0 Å². The van der Waals surface area contributed by atoms with Gasteiger partial charge in [0, 0.05) is 36.0 Å². The molecule has 2 aromatic carbocycles. The monoisotopic (exact) mass is 388 g/mol. The molecule has 4 aromatic rings. The van der Waals surface area contributed by atoms with E-state index < -0.39 is 0 Å². The van der Waals surface area contributed by atoms with Gasteiger partial charge in [0.15, 0.2) is 17.3 Å². The van der Waals surface area contributed by atoms with E-state index in [2.05, 4.69) is 31.8 Å². The van der Waals surface area contributed by atoms with E-state index in [1.54, 1.807) is 0 Å². The third-order valence-corrected chi connectivity index (χ3v) is 5.08. The smallest absolute Gasteiger partial charge is 0.231 e. The van der Waals surface area contributed by atoms with Crippen LogP contribution in [0.25, 0.3) is 22.6 Å². The molecule has 2 N–H and O–H groups in total. The largest absolute Gasteiger partial charge is 0.454 e. The van der Waals surface area contributed by atoms with Crippen LogP contribution in [0.2, 0.25) is 0 Å². The topological polar surface area (TPSA) is 89.9 Å². The summed E-state index contributed by atoms with van der Waals surface area (Å²) < 4.78 is 12.9. The molecule has 5 rings (SSSR count). The van der Waals surface area contributed by atoms with Crippen LogP contribution in [0.4, 0.5) is 5.69 Å². The SMILES string of the molecule is Cc1nnc(-c2cccc(NCc3cn[nH]c3-c3ccc4c(c3)OCO4)c2)n1C. The summed E-state index contributed by atoms with van der Waals surface area (Å²) in [4.78, 5) is 0. The molecular weight excluding hydrogens is 368 g/mol. The molecule has 0 spiro atoms. The first kappa shape index (κ1) is 17.3. The van der Waals surface area contributed by atoms with Crippen molar-refractivity contribution in [1.82, 2.24) is 25.0 Å². The summed E-state index contributed by atoms with van der Waals surface area (Å²) in [6, 6.07) is 14.0. The van der Waals surface area contributed by atoms with Crippen molar-refractivity contribution in [2.45, 2.75) is 13.5 Å². The van der Waals surface area contributed by atoms with Crippen LogP contribution in [0.3, 0.4) is 0 Å². The summed E-state index contributed by atoms with van der Waals surface area (Å²) >= 11 is 0. The molecule has 0 saturated heterocycles. The number of rotatable bonds is 5. The molecule has 0 aliphatic carbocycles. The Morgan fingerprint density at radius 1 is 1.07 bits per heavy atom. The van der Waals surface area contributed by atoms with Gasteiger partial charge in [-0.25, -0.2) is 0 Å². The second-order valence-electron chi connectivity index (χ2n) is 6.90. The van der Waals surface area contributed by atoms with Gasteiger partial charge in [-0.05, 0) is 37.3 Å². The predicted molar refractivity (Wildman–Crippen MR) is 109 cm³/mol. The highest BCUT2D eigenvalue weighted by Gasteiger charge is 2.16. The lowest BCUT2D eigenvalue weighted by molar-refractivity contribution is 0.174. The first-order chi connectivity index (χ1) is 14.2. The van der Waals surface area contributed by atoms with Crippen LogP contribution in [0.15, 0.2) is 48.7 Å². The number of ether oxygens (including phenoxy) is 2. The van der Waals surface area contributed by atoms with Gasteiger partial charge in [-0.2, -0.15) is 5.10 Å². The number of anilines is 1. The van der Waals surface area contributed by atoms with Crippen molar-refractivity contribution in [3.8, 4) is 34.1 Å². The first-order valence-corrected chi connectivity index (χ1v) is 9.31. The van der Waals surface area contributed by atoms with Crippen molar-refractivity contribution in [2.75, 3.05) is 12.1 Å². The molecular formula is C21H20N6O2. The Morgan fingerprint density at radius 3 is 2.83 bits per heavy atom. The van der Waals surface area contributed by atoms with Gasteiger partial charge in [-0.3, -0.25) is 5.10 Å². The number of fused-ring (bicyclic) bond motifs is 1. The number of H-pyrrole nitrogens is 1. The van der Waals surface area contributed by atoms with E-state index in [1.165, 1.54) is 0 Å². The van der Waals surface area contributed by atoms with E-state index in [0.29, 0.717) is 6.54 Å². The van der Waals surface area contributed by atoms with Gasteiger partial charge >= 0.3 is 0 Å². The Morgan fingerprint density at radius 2 is 1.97 bits per heavy atom. The quantitative estimate of drug-likeness (QED) is 0.544. The van der Waals surface area contributed by atoms with Crippen LogP contribution < -0.4 is 14.8 Å². The van der Waals surface area contributed by atoms with Gasteiger partial charge in [-0.15, -0.1) is 10.2 Å². The molecule has 8 nitrogen and oxygen atoms in total. The van der Waals surface area contributed by atoms with Gasteiger partial charge in [-0.1, -0.05) is 12.1 Å². The zero-order chi connectivity index (χ0) is 19.8. The molecule has 0 bridgehead atoms. The summed E-state index contributed by atoms with van der Waals surface area (Å²) in [5, 5.41) is 19.2. The Labute approximate surface area is 167 Å². The molecule has 0 unspecified atom stereocenters. The Kier molecular flexibility index (Phi) is 4.16. The predicted octanol–water partition coefficient (Wildman–Crippen LogP) is 3.52. The zero-order valence-corrected chi connectivity index (χ0v) is 16.1. The number of hydrogen-bond acceptors (Lipinski definition) is 6. The second kappa shape index (κ2) is 6.97. The highest BCUT2D eigenvalue weighted by atomic mass is 16.7. The third-order valence-electron chi connectivity index (χ3n) is 5.08. The fraction of sp³-hybridized carbons (Fsp3) is 0.190. The second-order valence-corrected chi connectivity index (χ2v) is 6.90. The van der Waals surface area contributed by atoms with Gasteiger partial charge in [0.1, 0.15) is 5.82 Å². The van der Waals surface area contributed by atoms with Crippen molar-refractivity contribution >= 4 is 5.69 Å². The van der Waals surface area contributed by atoms with E-state index in [-0.39, 0.29) is 6.79 Å². The molecule has 8 heteroatoms. The fourth-order valence-electron chi connectivity index (χ4n) is 3.37. The molecule has 29 heavy (non-hydrogen) atoms. The van der Waals surface area contributed by atoms with Crippen LogP contribution in [-0.4, -0.2) is 31.8 Å². The van der Waals surface area contributed by atoms with Crippen molar-refractivity contribution in [2.24, 2.45) is 7.05 Å². The van der Waals surface area contributed by atoms with E-state index in [9.17, 15) is 0 Å². The van der Waals surface area contributed by atoms with E-state index >= 15 is 0 Å².